The van der Waals surface area contributed by atoms with Gasteiger partial charge in [-0.25, -0.2) is 9.97 Å². The fraction of sp³-hybridized carbons (Fsp3) is 0.714. The van der Waals surface area contributed by atoms with Crippen LogP contribution in [0.4, 0.5) is 0 Å². The number of carbonyl (C=O) groups is 2. The molecular formula is C21H32N4O3. The zero-order valence-corrected chi connectivity index (χ0v) is 17.5. The Bertz CT molecular complexity index is 716. The summed E-state index contributed by atoms with van der Waals surface area (Å²) in [4.78, 5) is 36.3. The average Bonchev–Trinajstić information content (AvgIpc) is 3.41. The van der Waals surface area contributed by atoms with E-state index >= 15 is 0 Å². The lowest BCUT2D eigenvalue weighted by molar-refractivity contribution is -0.142. The Labute approximate surface area is 167 Å². The molecule has 1 aromatic heterocycles. The number of ether oxygens (including phenoxy) is 1. The van der Waals surface area contributed by atoms with E-state index in [2.05, 4.69) is 15.3 Å². The van der Waals surface area contributed by atoms with Crippen molar-refractivity contribution in [3.8, 4) is 0 Å². The molecule has 1 saturated heterocycles. The number of hydrogen-bond acceptors (Lipinski definition) is 5. The number of aromatic nitrogens is 2. The Morgan fingerprint density at radius 2 is 1.93 bits per heavy atom. The van der Waals surface area contributed by atoms with Crippen molar-refractivity contribution in [1.82, 2.24) is 20.2 Å². The SMILES string of the molecule is CCc1nc(C)c(CC(=O)NCCN(C(=O)C2(C)CCOC2)C2CC2)c(C)n1. The van der Waals surface area contributed by atoms with Crippen molar-refractivity contribution < 1.29 is 14.3 Å². The lowest BCUT2D eigenvalue weighted by Gasteiger charge is -2.31. The average molecular weight is 389 g/mol. The van der Waals surface area contributed by atoms with Crippen LogP contribution in [-0.2, 0) is 27.2 Å². The largest absolute Gasteiger partial charge is 0.380 e. The second kappa shape index (κ2) is 8.55. The van der Waals surface area contributed by atoms with E-state index in [4.69, 9.17) is 4.74 Å². The summed E-state index contributed by atoms with van der Waals surface area (Å²) in [7, 11) is 0. The summed E-state index contributed by atoms with van der Waals surface area (Å²) in [6.45, 7) is 10.0. The summed E-state index contributed by atoms with van der Waals surface area (Å²) in [5.41, 5.74) is 2.20. The van der Waals surface area contributed by atoms with Gasteiger partial charge in [-0.05, 0) is 40.0 Å². The first-order valence-electron chi connectivity index (χ1n) is 10.3. The Kier molecular flexibility index (Phi) is 6.33. The molecule has 2 heterocycles. The fourth-order valence-corrected chi connectivity index (χ4v) is 3.78. The highest BCUT2D eigenvalue weighted by Crippen LogP contribution is 2.35. The highest BCUT2D eigenvalue weighted by molar-refractivity contribution is 5.83. The van der Waals surface area contributed by atoms with Crippen LogP contribution in [-0.4, -0.2) is 59.0 Å². The smallest absolute Gasteiger partial charge is 0.231 e. The van der Waals surface area contributed by atoms with Gasteiger partial charge in [0.25, 0.3) is 0 Å². The van der Waals surface area contributed by atoms with Gasteiger partial charge in [0.15, 0.2) is 0 Å². The van der Waals surface area contributed by atoms with Crippen LogP contribution in [0, 0.1) is 19.3 Å². The summed E-state index contributed by atoms with van der Waals surface area (Å²) in [6.07, 6.45) is 3.92. The van der Waals surface area contributed by atoms with Crippen molar-refractivity contribution in [2.24, 2.45) is 5.41 Å². The molecule has 28 heavy (non-hydrogen) atoms. The van der Waals surface area contributed by atoms with Crippen LogP contribution in [0.25, 0.3) is 0 Å². The molecular weight excluding hydrogens is 356 g/mol. The number of aryl methyl sites for hydroxylation is 3. The van der Waals surface area contributed by atoms with Crippen LogP contribution in [0.5, 0.6) is 0 Å². The number of amides is 2. The van der Waals surface area contributed by atoms with Gasteiger partial charge in [-0.1, -0.05) is 6.92 Å². The van der Waals surface area contributed by atoms with Crippen molar-refractivity contribution in [2.75, 3.05) is 26.3 Å². The van der Waals surface area contributed by atoms with Crippen molar-refractivity contribution in [2.45, 2.75) is 65.8 Å². The van der Waals surface area contributed by atoms with Gasteiger partial charge < -0.3 is 15.0 Å². The van der Waals surface area contributed by atoms with Gasteiger partial charge in [0.05, 0.1) is 18.4 Å². The van der Waals surface area contributed by atoms with Crippen molar-refractivity contribution in [1.29, 1.82) is 0 Å². The second-order valence-electron chi connectivity index (χ2n) is 8.26. The molecule has 1 atom stereocenters. The number of nitrogens with zero attached hydrogens (tertiary/aromatic N) is 3. The number of nitrogens with one attached hydrogen (secondary N) is 1. The summed E-state index contributed by atoms with van der Waals surface area (Å²) < 4.78 is 5.45. The van der Waals surface area contributed by atoms with E-state index in [1.54, 1.807) is 0 Å². The first kappa shape index (κ1) is 20.7. The van der Waals surface area contributed by atoms with Crippen LogP contribution in [0.3, 0.4) is 0 Å². The van der Waals surface area contributed by atoms with E-state index in [-0.39, 0.29) is 18.2 Å². The third-order valence-corrected chi connectivity index (χ3v) is 5.78. The van der Waals surface area contributed by atoms with Gasteiger partial charge in [-0.3, -0.25) is 9.59 Å². The molecule has 154 valence electrons. The van der Waals surface area contributed by atoms with Crippen LogP contribution >= 0.6 is 0 Å². The second-order valence-corrected chi connectivity index (χ2v) is 8.26. The van der Waals surface area contributed by atoms with E-state index in [1.165, 1.54) is 0 Å². The predicted molar refractivity (Wildman–Crippen MR) is 106 cm³/mol. The van der Waals surface area contributed by atoms with Gasteiger partial charge in [-0.2, -0.15) is 0 Å². The van der Waals surface area contributed by atoms with Gasteiger partial charge in [-0.15, -0.1) is 0 Å². The highest BCUT2D eigenvalue weighted by Gasteiger charge is 2.44. The molecule has 7 nitrogen and oxygen atoms in total. The minimum absolute atomic E-state index is 0.0577. The van der Waals surface area contributed by atoms with E-state index in [0.717, 1.165) is 48.5 Å². The van der Waals surface area contributed by atoms with Gasteiger partial charge >= 0.3 is 0 Å². The third kappa shape index (κ3) is 4.69. The van der Waals surface area contributed by atoms with Crippen LogP contribution in [0.2, 0.25) is 0 Å². The molecule has 1 aliphatic heterocycles. The molecule has 1 N–H and O–H groups in total. The topological polar surface area (TPSA) is 84.4 Å². The third-order valence-electron chi connectivity index (χ3n) is 5.78. The van der Waals surface area contributed by atoms with Crippen LogP contribution in [0.15, 0.2) is 0 Å². The molecule has 1 unspecified atom stereocenters. The van der Waals surface area contributed by atoms with Crippen molar-refractivity contribution >= 4 is 11.8 Å². The number of rotatable bonds is 8. The molecule has 1 aromatic rings. The van der Waals surface area contributed by atoms with Crippen LogP contribution in [0.1, 0.15) is 55.9 Å². The molecule has 2 fully saturated rings. The molecule has 1 saturated carbocycles. The van der Waals surface area contributed by atoms with Crippen LogP contribution < -0.4 is 5.32 Å². The molecule has 7 heteroatoms. The van der Waals surface area contributed by atoms with Crippen molar-refractivity contribution in [3.05, 3.63) is 22.8 Å². The molecule has 2 amide bonds. The summed E-state index contributed by atoms with van der Waals surface area (Å²) in [5, 5.41) is 2.97. The fourth-order valence-electron chi connectivity index (χ4n) is 3.78. The van der Waals surface area contributed by atoms with E-state index in [0.29, 0.717) is 32.3 Å². The maximum Gasteiger partial charge on any atom is 0.231 e. The normalized spacial score (nSPS) is 21.6. The maximum absolute atomic E-state index is 13.0. The van der Waals surface area contributed by atoms with E-state index in [1.807, 2.05) is 32.6 Å². The Morgan fingerprint density at radius 3 is 2.46 bits per heavy atom. The quantitative estimate of drug-likeness (QED) is 0.733. The molecule has 1 aliphatic carbocycles. The lowest BCUT2D eigenvalue weighted by Crippen LogP contribution is -2.47. The molecule has 3 rings (SSSR count). The highest BCUT2D eigenvalue weighted by atomic mass is 16.5. The summed E-state index contributed by atoms with van der Waals surface area (Å²) >= 11 is 0. The zero-order valence-electron chi connectivity index (χ0n) is 17.5. The summed E-state index contributed by atoms with van der Waals surface area (Å²) in [6, 6.07) is 0.321. The molecule has 2 aliphatic rings. The Hall–Kier alpha value is -2.02. The Balaban J connectivity index is 1.53. The molecule has 0 bridgehead atoms. The maximum atomic E-state index is 13.0. The zero-order chi connectivity index (χ0) is 20.3. The monoisotopic (exact) mass is 388 g/mol. The number of carbonyl (C=O) groups excluding carboxylic acids is 2. The lowest BCUT2D eigenvalue weighted by atomic mass is 9.88. The summed E-state index contributed by atoms with van der Waals surface area (Å²) in [5.74, 6) is 0.914. The molecule has 0 aromatic carbocycles. The first-order valence-corrected chi connectivity index (χ1v) is 10.3. The first-order chi connectivity index (χ1) is 13.3. The predicted octanol–water partition coefficient (Wildman–Crippen LogP) is 1.73. The van der Waals surface area contributed by atoms with Gasteiger partial charge in [0, 0.05) is 49.1 Å². The standard InChI is InChI=1S/C21H32N4O3/c1-5-18-23-14(2)17(15(3)24-18)12-19(26)22-9-10-25(16-6-7-16)20(27)21(4)8-11-28-13-21/h16H,5-13H2,1-4H3,(H,22,26). The van der Waals surface area contributed by atoms with Gasteiger partial charge in [0.1, 0.15) is 5.82 Å². The van der Waals surface area contributed by atoms with E-state index in [9.17, 15) is 9.59 Å². The minimum Gasteiger partial charge on any atom is -0.380 e. The number of hydrogen-bond donors (Lipinski definition) is 1. The minimum atomic E-state index is -0.417. The van der Waals surface area contributed by atoms with E-state index < -0.39 is 5.41 Å². The Morgan fingerprint density at radius 1 is 1.25 bits per heavy atom. The molecule has 0 radical (unpaired) electrons. The van der Waals surface area contributed by atoms with Crippen molar-refractivity contribution in [3.63, 3.8) is 0 Å². The molecule has 0 spiro atoms. The van der Waals surface area contributed by atoms with Gasteiger partial charge in [0.2, 0.25) is 11.8 Å².